The van der Waals surface area contributed by atoms with E-state index in [9.17, 15) is 4.79 Å². The molecule has 2 aromatic rings. The topological polar surface area (TPSA) is 50.4 Å². The highest BCUT2D eigenvalue weighted by atomic mass is 16.5. The molecule has 1 heterocycles. The van der Waals surface area contributed by atoms with Crippen molar-refractivity contribution in [1.29, 1.82) is 0 Å². The van der Waals surface area contributed by atoms with Gasteiger partial charge in [-0.2, -0.15) is 0 Å². The van der Waals surface area contributed by atoms with E-state index in [1.807, 2.05) is 43.4 Å². The van der Waals surface area contributed by atoms with Gasteiger partial charge in [-0.25, -0.2) is 0 Å². The van der Waals surface area contributed by atoms with Gasteiger partial charge >= 0.3 is 0 Å². The second-order valence-corrected chi connectivity index (χ2v) is 4.79. The van der Waals surface area contributed by atoms with Gasteiger partial charge in [0.25, 0.3) is 5.91 Å². The zero-order valence-electron chi connectivity index (χ0n) is 11.4. The highest BCUT2D eigenvalue weighted by molar-refractivity contribution is 5.98. The quantitative estimate of drug-likeness (QED) is 0.880. The molecule has 4 heteroatoms. The second kappa shape index (κ2) is 4.89. The van der Waals surface area contributed by atoms with Crippen LogP contribution in [-0.4, -0.2) is 19.1 Å². The highest BCUT2D eigenvalue weighted by Gasteiger charge is 2.23. The summed E-state index contributed by atoms with van der Waals surface area (Å²) in [7, 11) is 1.90. The molecule has 0 aromatic heterocycles. The summed E-state index contributed by atoms with van der Waals surface area (Å²) in [4.78, 5) is 11.6. The molecule has 0 radical (unpaired) electrons. The van der Waals surface area contributed by atoms with E-state index in [1.165, 1.54) is 0 Å². The average Bonchev–Trinajstić information content (AvgIpc) is 2.48. The lowest BCUT2D eigenvalue weighted by Gasteiger charge is -2.23. The second-order valence-electron chi connectivity index (χ2n) is 4.79. The van der Waals surface area contributed by atoms with Gasteiger partial charge in [0, 0.05) is 12.7 Å². The fourth-order valence-corrected chi connectivity index (χ4v) is 2.24. The molecule has 0 saturated carbocycles. The van der Waals surface area contributed by atoms with Crippen LogP contribution in [0.1, 0.15) is 6.92 Å². The molecule has 0 spiro atoms. The Kier molecular flexibility index (Phi) is 3.06. The zero-order valence-corrected chi connectivity index (χ0v) is 11.4. The van der Waals surface area contributed by atoms with E-state index in [0.717, 1.165) is 22.5 Å². The Morgan fingerprint density at radius 3 is 2.75 bits per heavy atom. The summed E-state index contributed by atoms with van der Waals surface area (Å²) >= 11 is 0. The summed E-state index contributed by atoms with van der Waals surface area (Å²) < 4.78 is 5.64. The Bertz CT molecular complexity index is 667. The number of ether oxygens (including phenoxy) is 1. The number of hydrogen-bond donors (Lipinski definition) is 2. The first kappa shape index (κ1) is 12.5. The first-order valence-electron chi connectivity index (χ1n) is 6.57. The van der Waals surface area contributed by atoms with Crippen molar-refractivity contribution in [2.45, 2.75) is 13.0 Å². The molecule has 2 aromatic carbocycles. The van der Waals surface area contributed by atoms with Crippen LogP contribution >= 0.6 is 0 Å². The van der Waals surface area contributed by atoms with Gasteiger partial charge in [0.15, 0.2) is 6.10 Å². The fraction of sp³-hybridized carbons (Fsp3) is 0.188. The third-order valence-electron chi connectivity index (χ3n) is 3.40. The van der Waals surface area contributed by atoms with Crippen LogP contribution < -0.4 is 15.4 Å². The molecule has 1 aliphatic heterocycles. The summed E-state index contributed by atoms with van der Waals surface area (Å²) in [6.45, 7) is 1.74. The van der Waals surface area contributed by atoms with Crippen molar-refractivity contribution in [3.05, 3.63) is 42.5 Å². The van der Waals surface area contributed by atoms with E-state index in [2.05, 4.69) is 16.7 Å². The Morgan fingerprint density at radius 1 is 1.15 bits per heavy atom. The minimum Gasteiger partial charge on any atom is -0.479 e. The minimum absolute atomic E-state index is 0.109. The van der Waals surface area contributed by atoms with Crippen LogP contribution in [0.3, 0.4) is 0 Å². The number of amides is 1. The number of fused-ring (bicyclic) bond motifs is 1. The predicted octanol–water partition coefficient (Wildman–Crippen LogP) is 3.11. The number of rotatable bonds is 2. The molecule has 3 rings (SSSR count). The van der Waals surface area contributed by atoms with Crippen molar-refractivity contribution in [2.24, 2.45) is 0 Å². The zero-order chi connectivity index (χ0) is 14.1. The summed E-state index contributed by atoms with van der Waals surface area (Å²) in [5, 5.41) is 5.96. The van der Waals surface area contributed by atoms with Crippen molar-refractivity contribution >= 4 is 17.3 Å². The molecule has 102 valence electrons. The number of carbonyl (C=O) groups excluding carboxylic acids is 1. The van der Waals surface area contributed by atoms with Crippen LogP contribution in [0, 0.1) is 0 Å². The van der Waals surface area contributed by atoms with Crippen molar-refractivity contribution in [2.75, 3.05) is 17.7 Å². The molecule has 0 fully saturated rings. The van der Waals surface area contributed by atoms with E-state index in [4.69, 9.17) is 4.74 Å². The van der Waals surface area contributed by atoms with E-state index in [0.29, 0.717) is 5.75 Å². The third-order valence-corrected chi connectivity index (χ3v) is 3.40. The molecule has 0 bridgehead atoms. The van der Waals surface area contributed by atoms with Crippen LogP contribution in [-0.2, 0) is 4.79 Å². The van der Waals surface area contributed by atoms with Crippen molar-refractivity contribution in [3.8, 4) is 16.9 Å². The van der Waals surface area contributed by atoms with Crippen molar-refractivity contribution < 1.29 is 9.53 Å². The molecule has 1 aliphatic rings. The van der Waals surface area contributed by atoms with Crippen LogP contribution in [0.5, 0.6) is 5.75 Å². The summed E-state index contributed by atoms with van der Waals surface area (Å²) in [6, 6.07) is 14.0. The van der Waals surface area contributed by atoms with Gasteiger partial charge in [-0.05, 0) is 42.3 Å². The van der Waals surface area contributed by atoms with Crippen LogP contribution in [0.15, 0.2) is 42.5 Å². The van der Waals surface area contributed by atoms with Gasteiger partial charge in [-0.15, -0.1) is 0 Å². The number of benzene rings is 2. The number of nitrogens with one attached hydrogen (secondary N) is 2. The van der Waals surface area contributed by atoms with Gasteiger partial charge < -0.3 is 15.4 Å². The number of anilines is 2. The van der Waals surface area contributed by atoms with Gasteiger partial charge in [-0.1, -0.05) is 18.2 Å². The first-order valence-corrected chi connectivity index (χ1v) is 6.57. The maximum atomic E-state index is 11.6. The summed E-state index contributed by atoms with van der Waals surface area (Å²) in [5.41, 5.74) is 3.95. The lowest BCUT2D eigenvalue weighted by molar-refractivity contribution is -0.122. The van der Waals surface area contributed by atoms with E-state index in [1.54, 1.807) is 6.92 Å². The highest BCUT2D eigenvalue weighted by Crippen LogP contribution is 2.34. The maximum Gasteiger partial charge on any atom is 0.265 e. The van der Waals surface area contributed by atoms with E-state index >= 15 is 0 Å². The SMILES string of the molecule is CNc1cccc(-c2ccc3c(c2)OC(C)C(=O)N3)c1. The Labute approximate surface area is 117 Å². The molecule has 0 saturated heterocycles. The standard InChI is InChI=1S/C16H16N2O2/c1-10-16(19)18-14-7-6-12(9-15(14)20-10)11-4-3-5-13(8-11)17-2/h3-10,17H,1-2H3,(H,18,19). The average molecular weight is 268 g/mol. The van der Waals surface area contributed by atoms with Crippen molar-refractivity contribution in [3.63, 3.8) is 0 Å². The molecule has 20 heavy (non-hydrogen) atoms. The first-order chi connectivity index (χ1) is 9.67. The third kappa shape index (κ3) is 2.20. The molecule has 2 N–H and O–H groups in total. The lowest BCUT2D eigenvalue weighted by atomic mass is 10.0. The van der Waals surface area contributed by atoms with Gasteiger partial charge in [0.1, 0.15) is 5.75 Å². The van der Waals surface area contributed by atoms with Gasteiger partial charge in [-0.3, -0.25) is 4.79 Å². The lowest BCUT2D eigenvalue weighted by Crippen LogP contribution is -2.34. The largest absolute Gasteiger partial charge is 0.479 e. The van der Waals surface area contributed by atoms with Crippen LogP contribution in [0.4, 0.5) is 11.4 Å². The van der Waals surface area contributed by atoms with E-state index < -0.39 is 6.10 Å². The monoisotopic (exact) mass is 268 g/mol. The van der Waals surface area contributed by atoms with Crippen molar-refractivity contribution in [1.82, 2.24) is 0 Å². The van der Waals surface area contributed by atoms with Gasteiger partial charge in [0.05, 0.1) is 5.69 Å². The van der Waals surface area contributed by atoms with Crippen LogP contribution in [0.2, 0.25) is 0 Å². The Hall–Kier alpha value is -2.49. The smallest absolute Gasteiger partial charge is 0.265 e. The minimum atomic E-state index is -0.457. The normalized spacial score (nSPS) is 16.9. The molecular weight excluding hydrogens is 252 g/mol. The maximum absolute atomic E-state index is 11.6. The molecule has 4 nitrogen and oxygen atoms in total. The predicted molar refractivity (Wildman–Crippen MR) is 80.1 cm³/mol. The Morgan fingerprint density at radius 2 is 1.95 bits per heavy atom. The fourth-order valence-electron chi connectivity index (χ4n) is 2.24. The van der Waals surface area contributed by atoms with Gasteiger partial charge in [0.2, 0.25) is 0 Å². The van der Waals surface area contributed by atoms with Crippen LogP contribution in [0.25, 0.3) is 11.1 Å². The molecule has 1 amide bonds. The Balaban J connectivity index is 2.00. The number of carbonyl (C=O) groups is 1. The number of hydrogen-bond acceptors (Lipinski definition) is 3. The summed E-state index contributed by atoms with van der Waals surface area (Å²) in [6.07, 6.45) is -0.457. The molecule has 1 atom stereocenters. The summed E-state index contributed by atoms with van der Waals surface area (Å²) in [5.74, 6) is 0.604. The molecule has 0 aliphatic carbocycles. The molecule has 1 unspecified atom stereocenters. The molecular formula is C16H16N2O2. The van der Waals surface area contributed by atoms with E-state index in [-0.39, 0.29) is 5.91 Å².